The van der Waals surface area contributed by atoms with Gasteiger partial charge in [0.05, 0.1) is 13.0 Å². The molecule has 0 bridgehead atoms. The lowest BCUT2D eigenvalue weighted by Gasteiger charge is -2.16. The summed E-state index contributed by atoms with van der Waals surface area (Å²) in [4.78, 5) is 21.5. The van der Waals surface area contributed by atoms with Gasteiger partial charge in [-0.05, 0) is 11.6 Å². The highest BCUT2D eigenvalue weighted by molar-refractivity contribution is 5.88. The lowest BCUT2D eigenvalue weighted by atomic mass is 10.1. The largest absolute Gasteiger partial charge is 0.361 e. The molecule has 0 radical (unpaired) electrons. The van der Waals surface area contributed by atoms with Gasteiger partial charge in [0.2, 0.25) is 5.91 Å². The Morgan fingerprint density at radius 1 is 1.38 bits per heavy atom. The molecule has 1 amide bonds. The van der Waals surface area contributed by atoms with Gasteiger partial charge < -0.3 is 14.5 Å². The Morgan fingerprint density at radius 2 is 2.19 bits per heavy atom. The summed E-state index contributed by atoms with van der Waals surface area (Å²) in [5.74, 6) is 0.965. The molecule has 0 spiro atoms. The number of imidazole rings is 1. The van der Waals surface area contributed by atoms with Crippen LogP contribution in [0.15, 0.2) is 42.9 Å². The van der Waals surface area contributed by atoms with E-state index in [4.69, 9.17) is 0 Å². The number of H-pyrrole nitrogens is 1. The maximum absolute atomic E-state index is 12.4. The van der Waals surface area contributed by atoms with Crippen molar-refractivity contribution in [3.05, 3.63) is 54.2 Å². The molecule has 0 saturated carbocycles. The fourth-order valence-electron chi connectivity index (χ4n) is 2.42. The summed E-state index contributed by atoms with van der Waals surface area (Å²) >= 11 is 0. The third kappa shape index (κ3) is 2.67. The Morgan fingerprint density at radius 3 is 2.95 bits per heavy atom. The maximum Gasteiger partial charge on any atom is 0.227 e. The van der Waals surface area contributed by atoms with Gasteiger partial charge in [-0.15, -0.1) is 0 Å². The van der Waals surface area contributed by atoms with Crippen molar-refractivity contribution in [1.82, 2.24) is 19.4 Å². The number of nitrogens with one attached hydrogen (secondary N) is 1. The van der Waals surface area contributed by atoms with E-state index in [0.717, 1.165) is 22.3 Å². The van der Waals surface area contributed by atoms with E-state index in [2.05, 4.69) is 9.97 Å². The second-order valence-corrected chi connectivity index (χ2v) is 5.24. The van der Waals surface area contributed by atoms with Crippen LogP contribution in [0, 0.1) is 0 Å². The molecule has 0 aliphatic rings. The Kier molecular flexibility index (Phi) is 3.48. The van der Waals surface area contributed by atoms with Gasteiger partial charge in [-0.1, -0.05) is 18.2 Å². The minimum atomic E-state index is 0.0859. The fourth-order valence-corrected chi connectivity index (χ4v) is 2.42. The van der Waals surface area contributed by atoms with Gasteiger partial charge in [-0.3, -0.25) is 4.79 Å². The molecule has 3 rings (SSSR count). The van der Waals surface area contributed by atoms with Crippen molar-refractivity contribution in [2.24, 2.45) is 7.05 Å². The average molecular weight is 282 g/mol. The van der Waals surface area contributed by atoms with Crippen molar-refractivity contribution < 1.29 is 4.79 Å². The highest BCUT2D eigenvalue weighted by Crippen LogP contribution is 2.18. The monoisotopic (exact) mass is 282 g/mol. The first-order valence-corrected chi connectivity index (χ1v) is 6.90. The van der Waals surface area contributed by atoms with Gasteiger partial charge in [0, 0.05) is 43.6 Å². The van der Waals surface area contributed by atoms with Crippen molar-refractivity contribution in [1.29, 1.82) is 0 Å². The van der Waals surface area contributed by atoms with E-state index in [1.165, 1.54) is 0 Å². The Bertz CT molecular complexity index is 771. The molecule has 108 valence electrons. The van der Waals surface area contributed by atoms with Crippen LogP contribution in [-0.4, -0.2) is 32.4 Å². The molecule has 2 heterocycles. The van der Waals surface area contributed by atoms with Crippen molar-refractivity contribution in [3.63, 3.8) is 0 Å². The number of hydrogen-bond acceptors (Lipinski definition) is 2. The van der Waals surface area contributed by atoms with Gasteiger partial charge in [-0.2, -0.15) is 0 Å². The number of likely N-dealkylation sites (N-methyl/N-ethyl adjacent to an activating group) is 1. The number of fused-ring (bicyclic) bond motifs is 1. The van der Waals surface area contributed by atoms with Gasteiger partial charge >= 0.3 is 0 Å². The number of carbonyl (C=O) groups excluding carboxylic acids is 1. The van der Waals surface area contributed by atoms with Gasteiger partial charge in [0.25, 0.3) is 0 Å². The first-order valence-electron chi connectivity index (χ1n) is 6.90. The molecule has 1 aromatic carbocycles. The first kappa shape index (κ1) is 13.4. The van der Waals surface area contributed by atoms with Crippen LogP contribution in [0.5, 0.6) is 0 Å². The van der Waals surface area contributed by atoms with E-state index < -0.39 is 0 Å². The van der Waals surface area contributed by atoms with Crippen molar-refractivity contribution in [3.8, 4) is 0 Å². The summed E-state index contributed by atoms with van der Waals surface area (Å²) in [6, 6.07) is 8.02. The molecular formula is C16H18N4O. The number of carbonyl (C=O) groups is 1. The number of benzene rings is 1. The van der Waals surface area contributed by atoms with Crippen molar-refractivity contribution in [2.75, 3.05) is 7.05 Å². The minimum Gasteiger partial charge on any atom is -0.361 e. The summed E-state index contributed by atoms with van der Waals surface area (Å²) in [5.41, 5.74) is 2.09. The molecule has 3 aromatic rings. The van der Waals surface area contributed by atoms with E-state index in [9.17, 15) is 4.79 Å². The quantitative estimate of drug-likeness (QED) is 0.796. The number of hydrogen-bond donors (Lipinski definition) is 1. The predicted molar refractivity (Wildman–Crippen MR) is 81.7 cm³/mol. The molecule has 5 heteroatoms. The van der Waals surface area contributed by atoms with Crippen LogP contribution in [0.4, 0.5) is 0 Å². The highest BCUT2D eigenvalue weighted by atomic mass is 16.2. The fraction of sp³-hybridized carbons (Fsp3) is 0.250. The molecule has 21 heavy (non-hydrogen) atoms. The minimum absolute atomic E-state index is 0.0859. The summed E-state index contributed by atoms with van der Waals surface area (Å²) in [6.07, 6.45) is 5.93. The van der Waals surface area contributed by atoms with E-state index >= 15 is 0 Å². The maximum atomic E-state index is 12.4. The van der Waals surface area contributed by atoms with Crippen molar-refractivity contribution in [2.45, 2.75) is 13.0 Å². The van der Waals surface area contributed by atoms with Crippen LogP contribution in [0.25, 0.3) is 10.9 Å². The number of aromatic amines is 1. The second kappa shape index (κ2) is 5.44. The first-order chi connectivity index (χ1) is 10.1. The second-order valence-electron chi connectivity index (χ2n) is 5.24. The van der Waals surface area contributed by atoms with Crippen LogP contribution in [0.3, 0.4) is 0 Å². The molecular weight excluding hydrogens is 264 g/mol. The van der Waals surface area contributed by atoms with E-state index in [0.29, 0.717) is 13.0 Å². The van der Waals surface area contributed by atoms with Crippen LogP contribution >= 0.6 is 0 Å². The third-order valence-electron chi connectivity index (χ3n) is 3.74. The molecule has 0 unspecified atom stereocenters. The number of nitrogens with zero attached hydrogens (tertiary/aromatic N) is 3. The Balaban J connectivity index is 1.72. The molecule has 2 aromatic heterocycles. The standard InChI is InChI=1S/C16H18N4O/c1-19-8-7-17-15(19)11-20(2)16(21)9-12-10-18-14-6-4-3-5-13(12)14/h3-8,10,18H,9,11H2,1-2H3. The van der Waals surface area contributed by atoms with Crippen LogP contribution in [0.1, 0.15) is 11.4 Å². The zero-order valence-corrected chi connectivity index (χ0v) is 12.2. The highest BCUT2D eigenvalue weighted by Gasteiger charge is 2.14. The zero-order chi connectivity index (χ0) is 14.8. The van der Waals surface area contributed by atoms with Gasteiger partial charge in [0.15, 0.2) is 0 Å². The van der Waals surface area contributed by atoms with Crippen molar-refractivity contribution >= 4 is 16.8 Å². The molecule has 0 aliphatic heterocycles. The molecule has 1 N–H and O–H groups in total. The van der Waals surface area contributed by atoms with E-state index in [-0.39, 0.29) is 5.91 Å². The lowest BCUT2D eigenvalue weighted by Crippen LogP contribution is -2.28. The number of aryl methyl sites for hydroxylation is 1. The average Bonchev–Trinajstić information content (AvgIpc) is 3.07. The van der Waals surface area contributed by atoms with E-state index in [1.807, 2.05) is 55.3 Å². The topological polar surface area (TPSA) is 53.9 Å². The summed E-state index contributed by atoms with van der Waals surface area (Å²) in [5, 5.41) is 1.11. The molecule has 0 atom stereocenters. The summed E-state index contributed by atoms with van der Waals surface area (Å²) < 4.78 is 1.93. The lowest BCUT2D eigenvalue weighted by molar-refractivity contribution is -0.129. The Hall–Kier alpha value is -2.56. The number of aromatic nitrogens is 3. The molecule has 0 fully saturated rings. The normalized spacial score (nSPS) is 11.0. The smallest absolute Gasteiger partial charge is 0.227 e. The number of para-hydroxylation sites is 1. The summed E-state index contributed by atoms with van der Waals surface area (Å²) in [7, 11) is 3.74. The van der Waals surface area contributed by atoms with E-state index in [1.54, 1.807) is 11.1 Å². The summed E-state index contributed by atoms with van der Waals surface area (Å²) in [6.45, 7) is 0.519. The third-order valence-corrected chi connectivity index (χ3v) is 3.74. The molecule has 5 nitrogen and oxygen atoms in total. The van der Waals surface area contributed by atoms with Crippen LogP contribution in [-0.2, 0) is 24.8 Å². The predicted octanol–water partition coefficient (Wildman–Crippen LogP) is 2.10. The SMILES string of the molecule is CN(Cc1nccn1C)C(=O)Cc1c[nH]c2ccccc12. The zero-order valence-electron chi connectivity index (χ0n) is 12.2. The van der Waals surface area contributed by atoms with Gasteiger partial charge in [0.1, 0.15) is 5.82 Å². The number of rotatable bonds is 4. The van der Waals surface area contributed by atoms with Crippen LogP contribution in [0.2, 0.25) is 0 Å². The van der Waals surface area contributed by atoms with Gasteiger partial charge in [-0.25, -0.2) is 4.98 Å². The molecule has 0 saturated heterocycles. The van der Waals surface area contributed by atoms with Crippen LogP contribution < -0.4 is 0 Å². The molecule has 0 aliphatic carbocycles. The number of amides is 1. The Labute approximate surface area is 123 Å².